The van der Waals surface area contributed by atoms with Crippen molar-refractivity contribution in [2.24, 2.45) is 0 Å². The standard InChI is InChI=1S/C21H20N4O3S/c1-13-2-4-15(5-3-13)20-24-25-21(28-20)29-12-18(26)22-16-8-6-14(7-9-16)19(27)23-17-10-11-17/h2-9,17H,10-12H2,1H3,(H,22,26)(H,23,27). The summed E-state index contributed by atoms with van der Waals surface area (Å²) in [5.41, 5.74) is 3.20. The smallest absolute Gasteiger partial charge is 0.277 e. The van der Waals surface area contributed by atoms with Crippen molar-refractivity contribution in [3.8, 4) is 11.5 Å². The monoisotopic (exact) mass is 408 g/mol. The van der Waals surface area contributed by atoms with Gasteiger partial charge in [-0.2, -0.15) is 0 Å². The first-order chi connectivity index (χ1) is 14.1. The van der Waals surface area contributed by atoms with Gasteiger partial charge in [0.15, 0.2) is 0 Å². The highest BCUT2D eigenvalue weighted by atomic mass is 32.2. The highest BCUT2D eigenvalue weighted by Crippen LogP contribution is 2.24. The summed E-state index contributed by atoms with van der Waals surface area (Å²) in [6.45, 7) is 2.01. The van der Waals surface area contributed by atoms with Gasteiger partial charge in [-0.25, -0.2) is 0 Å². The summed E-state index contributed by atoms with van der Waals surface area (Å²) < 4.78 is 5.61. The lowest BCUT2D eigenvalue weighted by atomic mass is 10.1. The number of aryl methyl sites for hydroxylation is 1. The van der Waals surface area contributed by atoms with Crippen molar-refractivity contribution in [2.75, 3.05) is 11.1 Å². The Balaban J connectivity index is 1.27. The topological polar surface area (TPSA) is 97.1 Å². The van der Waals surface area contributed by atoms with Gasteiger partial charge in [-0.15, -0.1) is 10.2 Å². The van der Waals surface area contributed by atoms with Gasteiger partial charge < -0.3 is 15.1 Å². The van der Waals surface area contributed by atoms with E-state index in [1.807, 2.05) is 31.2 Å². The number of anilines is 1. The van der Waals surface area contributed by atoms with Crippen LogP contribution < -0.4 is 10.6 Å². The Morgan fingerprint density at radius 3 is 2.48 bits per heavy atom. The van der Waals surface area contributed by atoms with Gasteiger partial charge in [-0.05, 0) is 56.2 Å². The van der Waals surface area contributed by atoms with Gasteiger partial charge >= 0.3 is 0 Å². The van der Waals surface area contributed by atoms with Crippen molar-refractivity contribution in [1.29, 1.82) is 0 Å². The summed E-state index contributed by atoms with van der Waals surface area (Å²) in [5, 5.41) is 14.1. The highest BCUT2D eigenvalue weighted by Gasteiger charge is 2.23. The molecular weight excluding hydrogens is 388 g/mol. The van der Waals surface area contributed by atoms with E-state index in [0.717, 1.165) is 24.0 Å². The van der Waals surface area contributed by atoms with Gasteiger partial charge in [0.2, 0.25) is 11.8 Å². The number of carbonyl (C=O) groups excluding carboxylic acids is 2. The molecule has 8 heteroatoms. The molecule has 3 aromatic rings. The second-order valence-electron chi connectivity index (χ2n) is 6.90. The van der Waals surface area contributed by atoms with Crippen molar-refractivity contribution >= 4 is 29.3 Å². The van der Waals surface area contributed by atoms with Crippen LogP contribution in [-0.2, 0) is 4.79 Å². The lowest BCUT2D eigenvalue weighted by Crippen LogP contribution is -2.25. The van der Waals surface area contributed by atoms with E-state index in [1.54, 1.807) is 24.3 Å². The second kappa shape index (κ2) is 8.48. The Hall–Kier alpha value is -3.13. The molecule has 0 bridgehead atoms. The molecule has 1 heterocycles. The van der Waals surface area contributed by atoms with Gasteiger partial charge in [-0.3, -0.25) is 9.59 Å². The normalized spacial score (nSPS) is 13.1. The number of benzene rings is 2. The third-order valence-electron chi connectivity index (χ3n) is 4.38. The van der Waals surface area contributed by atoms with Crippen molar-refractivity contribution in [3.63, 3.8) is 0 Å². The number of nitrogens with one attached hydrogen (secondary N) is 2. The average molecular weight is 408 g/mol. The molecule has 1 aromatic heterocycles. The predicted octanol–water partition coefficient (Wildman–Crippen LogP) is 3.67. The van der Waals surface area contributed by atoms with Crippen LogP contribution in [0.2, 0.25) is 0 Å². The molecule has 29 heavy (non-hydrogen) atoms. The zero-order valence-corrected chi connectivity index (χ0v) is 16.7. The molecule has 0 saturated heterocycles. The first-order valence-electron chi connectivity index (χ1n) is 9.31. The largest absolute Gasteiger partial charge is 0.411 e. The highest BCUT2D eigenvalue weighted by molar-refractivity contribution is 7.99. The summed E-state index contributed by atoms with van der Waals surface area (Å²) >= 11 is 1.17. The summed E-state index contributed by atoms with van der Waals surface area (Å²) in [6.07, 6.45) is 2.09. The molecule has 1 aliphatic carbocycles. The van der Waals surface area contributed by atoms with E-state index >= 15 is 0 Å². The number of hydrogen-bond donors (Lipinski definition) is 2. The Morgan fingerprint density at radius 2 is 1.79 bits per heavy atom. The number of carbonyl (C=O) groups is 2. The Labute approximate surface area is 172 Å². The van der Waals surface area contributed by atoms with Gasteiger partial charge in [0, 0.05) is 22.9 Å². The molecule has 2 amide bonds. The lowest BCUT2D eigenvalue weighted by Gasteiger charge is -2.06. The van der Waals surface area contributed by atoms with E-state index in [-0.39, 0.29) is 17.6 Å². The Morgan fingerprint density at radius 1 is 1.07 bits per heavy atom. The van der Waals surface area contributed by atoms with Crippen LogP contribution >= 0.6 is 11.8 Å². The number of hydrogen-bond acceptors (Lipinski definition) is 6. The van der Waals surface area contributed by atoms with Crippen molar-refractivity contribution < 1.29 is 14.0 Å². The fourth-order valence-corrected chi connectivity index (χ4v) is 3.17. The number of nitrogens with zero attached hydrogens (tertiary/aromatic N) is 2. The quantitative estimate of drug-likeness (QED) is 0.579. The van der Waals surface area contributed by atoms with Crippen LogP contribution in [0.3, 0.4) is 0 Å². The van der Waals surface area contributed by atoms with Crippen LogP contribution in [0.15, 0.2) is 58.2 Å². The molecule has 2 aromatic carbocycles. The molecule has 0 unspecified atom stereocenters. The zero-order chi connectivity index (χ0) is 20.2. The van der Waals surface area contributed by atoms with Crippen LogP contribution in [0.1, 0.15) is 28.8 Å². The van der Waals surface area contributed by atoms with Crippen LogP contribution in [0.4, 0.5) is 5.69 Å². The summed E-state index contributed by atoms with van der Waals surface area (Å²) in [6, 6.07) is 14.9. The molecule has 2 N–H and O–H groups in total. The minimum absolute atomic E-state index is 0.0818. The van der Waals surface area contributed by atoms with Crippen molar-refractivity contribution in [3.05, 3.63) is 59.7 Å². The number of rotatable bonds is 7. The van der Waals surface area contributed by atoms with Crippen LogP contribution in [0, 0.1) is 6.92 Å². The average Bonchev–Trinajstić information content (AvgIpc) is 3.41. The number of amides is 2. The second-order valence-corrected chi connectivity index (χ2v) is 7.83. The molecule has 1 saturated carbocycles. The summed E-state index contributed by atoms with van der Waals surface area (Å²) in [5.74, 6) is 0.286. The molecule has 1 aliphatic rings. The minimum Gasteiger partial charge on any atom is -0.411 e. The lowest BCUT2D eigenvalue weighted by molar-refractivity contribution is -0.113. The van der Waals surface area contributed by atoms with Crippen LogP contribution in [0.5, 0.6) is 0 Å². The minimum atomic E-state index is -0.194. The van der Waals surface area contributed by atoms with E-state index in [4.69, 9.17) is 4.42 Å². The van der Waals surface area contributed by atoms with Crippen molar-refractivity contribution in [1.82, 2.24) is 15.5 Å². The molecule has 148 valence electrons. The van der Waals surface area contributed by atoms with E-state index in [1.165, 1.54) is 11.8 Å². The van der Waals surface area contributed by atoms with Crippen LogP contribution in [0.25, 0.3) is 11.5 Å². The van der Waals surface area contributed by atoms with Gasteiger partial charge in [0.1, 0.15) is 0 Å². The molecule has 4 rings (SSSR count). The molecule has 0 spiro atoms. The molecule has 0 radical (unpaired) electrons. The van der Waals surface area contributed by atoms with Crippen molar-refractivity contribution in [2.45, 2.75) is 31.0 Å². The third-order valence-corrected chi connectivity index (χ3v) is 5.19. The number of thioether (sulfide) groups is 1. The van der Waals surface area contributed by atoms with Gasteiger partial charge in [0.05, 0.1) is 5.75 Å². The predicted molar refractivity (Wildman–Crippen MR) is 111 cm³/mol. The fraction of sp³-hybridized carbons (Fsp3) is 0.238. The SMILES string of the molecule is Cc1ccc(-c2nnc(SCC(=O)Nc3ccc(C(=O)NC4CC4)cc3)o2)cc1. The van der Waals surface area contributed by atoms with Gasteiger partial charge in [-0.1, -0.05) is 29.5 Å². The zero-order valence-electron chi connectivity index (χ0n) is 15.8. The number of aromatic nitrogens is 2. The molecular formula is C21H20N4O3S. The fourth-order valence-electron chi connectivity index (χ4n) is 2.61. The van der Waals surface area contributed by atoms with E-state index in [0.29, 0.717) is 28.4 Å². The first-order valence-corrected chi connectivity index (χ1v) is 10.3. The molecule has 7 nitrogen and oxygen atoms in total. The molecule has 0 atom stereocenters. The maximum atomic E-state index is 12.2. The summed E-state index contributed by atoms with van der Waals surface area (Å²) in [4.78, 5) is 24.2. The van der Waals surface area contributed by atoms with Gasteiger partial charge in [0.25, 0.3) is 11.1 Å². The van der Waals surface area contributed by atoms with E-state index < -0.39 is 0 Å². The Bertz CT molecular complexity index is 1010. The molecule has 0 aliphatic heterocycles. The Kier molecular flexibility index (Phi) is 5.62. The molecule has 1 fully saturated rings. The first kappa shape index (κ1) is 19.2. The maximum Gasteiger partial charge on any atom is 0.277 e. The van der Waals surface area contributed by atoms with E-state index in [2.05, 4.69) is 20.8 Å². The summed E-state index contributed by atoms with van der Waals surface area (Å²) in [7, 11) is 0. The third kappa shape index (κ3) is 5.23. The van der Waals surface area contributed by atoms with E-state index in [9.17, 15) is 9.59 Å². The van der Waals surface area contributed by atoms with Crippen LogP contribution in [-0.4, -0.2) is 33.8 Å². The maximum absolute atomic E-state index is 12.2.